The monoisotopic (exact) mass is 428 g/mol. The molecule has 0 fully saturated rings. The summed E-state index contributed by atoms with van der Waals surface area (Å²) in [5.74, 6) is -0.521. The third kappa shape index (κ3) is 3.87. The van der Waals surface area contributed by atoms with Crippen LogP contribution in [0.3, 0.4) is 0 Å². The molecule has 162 valence electrons. The van der Waals surface area contributed by atoms with Gasteiger partial charge in [0, 0.05) is 34.8 Å². The van der Waals surface area contributed by atoms with Crippen LogP contribution in [0.15, 0.2) is 64.1 Å². The van der Waals surface area contributed by atoms with E-state index in [-0.39, 0.29) is 17.0 Å². The summed E-state index contributed by atoms with van der Waals surface area (Å²) in [7, 11) is 0. The van der Waals surface area contributed by atoms with Crippen molar-refractivity contribution in [2.24, 2.45) is 0 Å². The fraction of sp³-hybridized carbons (Fsp3) is 0.192. The van der Waals surface area contributed by atoms with E-state index in [0.717, 1.165) is 22.3 Å². The van der Waals surface area contributed by atoms with Crippen LogP contribution in [0.1, 0.15) is 45.6 Å². The highest BCUT2D eigenvalue weighted by molar-refractivity contribution is 5.94. The molecule has 1 atom stereocenters. The van der Waals surface area contributed by atoms with Crippen molar-refractivity contribution >= 4 is 22.6 Å². The Kier molecular flexibility index (Phi) is 5.53. The molecule has 2 heterocycles. The number of aromatic nitrogens is 1. The molecule has 6 nitrogen and oxygen atoms in total. The van der Waals surface area contributed by atoms with Crippen LogP contribution in [-0.2, 0) is 0 Å². The molecule has 0 radical (unpaired) electrons. The van der Waals surface area contributed by atoms with Gasteiger partial charge >= 0.3 is 5.97 Å². The number of para-hydroxylation sites is 1. The molecule has 0 bridgehead atoms. The van der Waals surface area contributed by atoms with Crippen molar-refractivity contribution in [2.75, 3.05) is 5.32 Å². The van der Waals surface area contributed by atoms with Crippen LogP contribution >= 0.6 is 0 Å². The smallest absolute Gasteiger partial charge is 0.337 e. The number of benzene rings is 2. The van der Waals surface area contributed by atoms with Crippen molar-refractivity contribution < 1.29 is 14.3 Å². The van der Waals surface area contributed by atoms with Gasteiger partial charge in [-0.15, -0.1) is 0 Å². The lowest BCUT2D eigenvalue weighted by atomic mass is 9.98. The van der Waals surface area contributed by atoms with Crippen molar-refractivity contribution in [1.82, 2.24) is 4.98 Å². The second-order valence-corrected chi connectivity index (χ2v) is 8.08. The molecule has 0 saturated carbocycles. The zero-order valence-corrected chi connectivity index (χ0v) is 18.4. The molecule has 1 unspecified atom stereocenters. The number of nitrogens with one attached hydrogen (secondary N) is 1. The maximum Gasteiger partial charge on any atom is 0.337 e. The Balaban J connectivity index is 1.90. The van der Waals surface area contributed by atoms with E-state index in [0.29, 0.717) is 28.0 Å². The molecule has 2 N–H and O–H groups in total. The highest BCUT2D eigenvalue weighted by atomic mass is 16.4. The molecular formula is C26H24N2O4. The summed E-state index contributed by atoms with van der Waals surface area (Å²) < 4.78 is 6.34. The van der Waals surface area contributed by atoms with Gasteiger partial charge in [-0.2, -0.15) is 0 Å². The van der Waals surface area contributed by atoms with E-state index in [4.69, 9.17) is 4.42 Å². The molecule has 0 spiro atoms. The van der Waals surface area contributed by atoms with Crippen molar-refractivity contribution in [3.05, 3.63) is 92.9 Å². The molecular weight excluding hydrogens is 404 g/mol. The summed E-state index contributed by atoms with van der Waals surface area (Å²) in [6.07, 6.45) is 3.43. The van der Waals surface area contributed by atoms with Crippen molar-refractivity contribution in [3.8, 4) is 11.3 Å². The molecule has 0 amide bonds. The number of hydrogen-bond donors (Lipinski definition) is 2. The number of aromatic carboxylic acids is 1. The Labute approximate surface area is 185 Å². The van der Waals surface area contributed by atoms with Gasteiger partial charge in [-0.3, -0.25) is 9.78 Å². The number of rotatable bonds is 5. The second kappa shape index (κ2) is 8.30. The molecule has 32 heavy (non-hydrogen) atoms. The first-order chi connectivity index (χ1) is 15.3. The van der Waals surface area contributed by atoms with E-state index >= 15 is 0 Å². The maximum atomic E-state index is 13.3. The van der Waals surface area contributed by atoms with Gasteiger partial charge in [0.25, 0.3) is 0 Å². The van der Waals surface area contributed by atoms with Crippen LogP contribution in [0.25, 0.3) is 22.3 Å². The molecule has 0 saturated heterocycles. The predicted octanol–water partition coefficient (Wildman–Crippen LogP) is 5.65. The Hall–Kier alpha value is -3.93. The quantitative estimate of drug-likeness (QED) is 0.427. The molecule has 6 heteroatoms. The second-order valence-electron chi connectivity index (χ2n) is 8.08. The van der Waals surface area contributed by atoms with E-state index in [1.807, 2.05) is 39.0 Å². The molecule has 4 rings (SSSR count). The molecule has 2 aromatic heterocycles. The van der Waals surface area contributed by atoms with E-state index in [1.54, 1.807) is 43.6 Å². The summed E-state index contributed by atoms with van der Waals surface area (Å²) in [5, 5.41) is 13.3. The SMILES string of the molecule is Cc1cncc(-c2oc3c(C(C)Nc4ccccc4C(=O)O)cc(C)cc3c(=O)c2C)c1. The standard InChI is InChI=1S/C26H24N2O4/c1-14-10-20(17(4)28-22-8-6-5-7-19(22)26(30)31)25-21(11-14)23(29)16(3)24(32-25)18-9-15(2)12-27-13-18/h5-13,17,28H,1-4H3,(H,30,31). The van der Waals surface area contributed by atoms with Crippen LogP contribution in [0.4, 0.5) is 5.69 Å². The molecule has 0 aliphatic heterocycles. The highest BCUT2D eigenvalue weighted by Crippen LogP contribution is 2.32. The van der Waals surface area contributed by atoms with E-state index < -0.39 is 5.97 Å². The summed E-state index contributed by atoms with van der Waals surface area (Å²) in [4.78, 5) is 29.1. The van der Waals surface area contributed by atoms with Crippen LogP contribution in [0, 0.1) is 20.8 Å². The van der Waals surface area contributed by atoms with Gasteiger partial charge in [0.15, 0.2) is 5.43 Å². The average molecular weight is 428 g/mol. The Morgan fingerprint density at radius 1 is 1.06 bits per heavy atom. The topological polar surface area (TPSA) is 92.4 Å². The zero-order chi connectivity index (χ0) is 23.0. The third-order valence-corrected chi connectivity index (χ3v) is 5.53. The van der Waals surface area contributed by atoms with Gasteiger partial charge in [-0.05, 0) is 63.1 Å². The molecule has 4 aromatic rings. The minimum absolute atomic E-state index is 0.0918. The number of carbonyl (C=O) groups is 1. The Morgan fingerprint density at radius 2 is 1.81 bits per heavy atom. The molecule has 2 aromatic carbocycles. The van der Waals surface area contributed by atoms with Crippen LogP contribution < -0.4 is 10.7 Å². The minimum Gasteiger partial charge on any atom is -0.478 e. The largest absolute Gasteiger partial charge is 0.478 e. The van der Waals surface area contributed by atoms with Crippen LogP contribution in [0.5, 0.6) is 0 Å². The van der Waals surface area contributed by atoms with Gasteiger partial charge in [-0.25, -0.2) is 4.79 Å². The number of pyridine rings is 1. The lowest BCUT2D eigenvalue weighted by molar-refractivity contribution is 0.0698. The lowest BCUT2D eigenvalue weighted by Crippen LogP contribution is -2.14. The Bertz CT molecular complexity index is 1410. The van der Waals surface area contributed by atoms with Gasteiger partial charge in [0.05, 0.1) is 17.0 Å². The van der Waals surface area contributed by atoms with Crippen LogP contribution in [-0.4, -0.2) is 16.1 Å². The van der Waals surface area contributed by atoms with Crippen molar-refractivity contribution in [2.45, 2.75) is 33.7 Å². The van der Waals surface area contributed by atoms with Gasteiger partial charge in [-0.1, -0.05) is 18.2 Å². The number of aryl methyl sites for hydroxylation is 2. The highest BCUT2D eigenvalue weighted by Gasteiger charge is 2.20. The Morgan fingerprint density at radius 3 is 2.53 bits per heavy atom. The molecule has 0 aliphatic rings. The van der Waals surface area contributed by atoms with Gasteiger partial charge in [0.1, 0.15) is 11.3 Å². The maximum absolute atomic E-state index is 13.3. The van der Waals surface area contributed by atoms with Gasteiger partial charge in [0.2, 0.25) is 0 Å². The first-order valence-corrected chi connectivity index (χ1v) is 10.3. The molecule has 0 aliphatic carbocycles. The number of carboxylic acids is 1. The summed E-state index contributed by atoms with van der Waals surface area (Å²) in [6, 6.07) is 12.1. The number of hydrogen-bond acceptors (Lipinski definition) is 5. The van der Waals surface area contributed by atoms with Crippen LogP contribution in [0.2, 0.25) is 0 Å². The normalized spacial score (nSPS) is 12.0. The van der Waals surface area contributed by atoms with E-state index in [1.165, 1.54) is 0 Å². The van der Waals surface area contributed by atoms with Crippen molar-refractivity contribution in [3.63, 3.8) is 0 Å². The fourth-order valence-corrected chi connectivity index (χ4v) is 3.95. The van der Waals surface area contributed by atoms with Gasteiger partial charge < -0.3 is 14.8 Å². The predicted molar refractivity (Wildman–Crippen MR) is 125 cm³/mol. The van der Waals surface area contributed by atoms with E-state index in [2.05, 4.69) is 10.3 Å². The number of fused-ring (bicyclic) bond motifs is 1. The summed E-state index contributed by atoms with van der Waals surface area (Å²) >= 11 is 0. The first-order valence-electron chi connectivity index (χ1n) is 10.3. The van der Waals surface area contributed by atoms with Crippen molar-refractivity contribution in [1.29, 1.82) is 0 Å². The number of carboxylic acid groups (broad SMARTS) is 1. The number of anilines is 1. The third-order valence-electron chi connectivity index (χ3n) is 5.53. The average Bonchev–Trinajstić information content (AvgIpc) is 2.76. The lowest BCUT2D eigenvalue weighted by Gasteiger charge is -2.20. The first kappa shape index (κ1) is 21.3. The minimum atomic E-state index is -1.01. The zero-order valence-electron chi connectivity index (χ0n) is 18.4. The summed E-state index contributed by atoms with van der Waals surface area (Å²) in [6.45, 7) is 7.54. The van der Waals surface area contributed by atoms with E-state index in [9.17, 15) is 14.7 Å². The number of nitrogens with zero attached hydrogens (tertiary/aromatic N) is 1. The summed E-state index contributed by atoms with van der Waals surface area (Å²) in [5.41, 5.74) is 5.00. The fourth-order valence-electron chi connectivity index (χ4n) is 3.95.